The third kappa shape index (κ3) is 5.62. The summed E-state index contributed by atoms with van der Waals surface area (Å²) in [6.45, 7) is 0. The van der Waals surface area contributed by atoms with Crippen LogP contribution in [-0.2, 0) is 9.59 Å². The average molecular weight is 396 g/mol. The van der Waals surface area contributed by atoms with Crippen LogP contribution in [0.5, 0.6) is 5.75 Å². The molecule has 0 spiro atoms. The van der Waals surface area contributed by atoms with Crippen LogP contribution in [0.4, 0.5) is 10.9 Å². The Labute approximate surface area is 166 Å². The molecule has 0 saturated heterocycles. The number of carbonyl (C=O) groups excluding carboxylic acids is 2. The number of carbonyl (C=O) groups is 2. The Balaban J connectivity index is 1.43. The number of hydrogen-bond donors (Lipinski definition) is 2. The Kier molecular flexibility index (Phi) is 6.69. The normalized spacial score (nSPS) is 10.3. The van der Waals surface area contributed by atoms with Gasteiger partial charge in [0, 0.05) is 30.0 Å². The van der Waals surface area contributed by atoms with Crippen LogP contribution < -0.4 is 15.4 Å². The maximum atomic E-state index is 12.1. The van der Waals surface area contributed by atoms with Gasteiger partial charge in [-0.2, -0.15) is 0 Å². The Hall–Kier alpha value is -3.26. The van der Waals surface area contributed by atoms with Crippen LogP contribution in [0.3, 0.4) is 0 Å². The van der Waals surface area contributed by atoms with Crippen molar-refractivity contribution in [3.8, 4) is 17.0 Å². The molecule has 0 fully saturated rings. The van der Waals surface area contributed by atoms with E-state index in [0.717, 1.165) is 17.0 Å². The first kappa shape index (κ1) is 19.5. The SMILES string of the molecule is COc1ccc(-c2csc(NC(=O)CCCC(=O)Nc3ccccn3)n2)cc1. The van der Waals surface area contributed by atoms with E-state index in [1.807, 2.05) is 29.6 Å². The Morgan fingerprint density at radius 1 is 1.04 bits per heavy atom. The largest absolute Gasteiger partial charge is 0.497 e. The Bertz CT molecular complexity index is 926. The lowest BCUT2D eigenvalue weighted by molar-refractivity contribution is -0.117. The van der Waals surface area contributed by atoms with Gasteiger partial charge in [-0.05, 0) is 42.8 Å². The minimum atomic E-state index is -0.165. The van der Waals surface area contributed by atoms with Crippen molar-refractivity contribution in [1.82, 2.24) is 9.97 Å². The predicted octanol–water partition coefficient (Wildman–Crippen LogP) is 3.96. The molecular weight excluding hydrogens is 376 g/mol. The van der Waals surface area contributed by atoms with Gasteiger partial charge in [-0.15, -0.1) is 11.3 Å². The van der Waals surface area contributed by atoms with Crippen LogP contribution in [0, 0.1) is 0 Å². The van der Waals surface area contributed by atoms with E-state index in [9.17, 15) is 9.59 Å². The van der Waals surface area contributed by atoms with E-state index >= 15 is 0 Å². The summed E-state index contributed by atoms with van der Waals surface area (Å²) in [7, 11) is 1.62. The zero-order valence-corrected chi connectivity index (χ0v) is 16.2. The Morgan fingerprint density at radius 3 is 2.46 bits per heavy atom. The zero-order valence-electron chi connectivity index (χ0n) is 15.3. The number of pyridine rings is 1. The molecule has 2 amide bonds. The van der Waals surface area contributed by atoms with Crippen LogP contribution >= 0.6 is 11.3 Å². The van der Waals surface area contributed by atoms with Gasteiger partial charge in [0.05, 0.1) is 12.8 Å². The topological polar surface area (TPSA) is 93.2 Å². The molecule has 1 aromatic carbocycles. The summed E-state index contributed by atoms with van der Waals surface area (Å²) in [6, 6.07) is 12.8. The number of nitrogens with one attached hydrogen (secondary N) is 2. The van der Waals surface area contributed by atoms with Crippen LogP contribution in [0.2, 0.25) is 0 Å². The number of rotatable bonds is 8. The summed E-state index contributed by atoms with van der Waals surface area (Å²) in [6.07, 6.45) is 2.55. The maximum absolute atomic E-state index is 12.1. The molecule has 2 aromatic heterocycles. The van der Waals surface area contributed by atoms with Crippen LogP contribution in [-0.4, -0.2) is 28.9 Å². The Morgan fingerprint density at radius 2 is 1.79 bits per heavy atom. The first-order valence-corrected chi connectivity index (χ1v) is 9.62. The monoisotopic (exact) mass is 396 g/mol. The lowest BCUT2D eigenvalue weighted by Crippen LogP contribution is -2.15. The third-order valence-corrected chi connectivity index (χ3v) is 4.63. The number of hydrogen-bond acceptors (Lipinski definition) is 6. The van der Waals surface area contributed by atoms with Gasteiger partial charge in [-0.1, -0.05) is 6.07 Å². The molecule has 0 saturated carbocycles. The first-order chi connectivity index (χ1) is 13.6. The van der Waals surface area contributed by atoms with Crippen molar-refractivity contribution in [1.29, 1.82) is 0 Å². The molecule has 0 aliphatic carbocycles. The summed E-state index contributed by atoms with van der Waals surface area (Å²) < 4.78 is 5.14. The average Bonchev–Trinajstić information content (AvgIpc) is 3.17. The van der Waals surface area contributed by atoms with E-state index < -0.39 is 0 Å². The van der Waals surface area contributed by atoms with Gasteiger partial charge in [0.15, 0.2) is 5.13 Å². The van der Waals surface area contributed by atoms with Crippen LogP contribution in [0.15, 0.2) is 54.0 Å². The minimum absolute atomic E-state index is 0.164. The molecule has 0 bridgehead atoms. The molecule has 0 aliphatic rings. The van der Waals surface area contributed by atoms with E-state index in [1.165, 1.54) is 11.3 Å². The molecule has 0 atom stereocenters. The number of aromatic nitrogens is 2. The zero-order chi connectivity index (χ0) is 19.8. The summed E-state index contributed by atoms with van der Waals surface area (Å²) in [5.41, 5.74) is 1.74. The molecule has 2 N–H and O–H groups in total. The fourth-order valence-electron chi connectivity index (χ4n) is 2.46. The predicted molar refractivity (Wildman–Crippen MR) is 109 cm³/mol. The van der Waals surface area contributed by atoms with Crippen molar-refractivity contribution >= 4 is 34.1 Å². The lowest BCUT2D eigenvalue weighted by atomic mass is 10.2. The second-order valence-electron chi connectivity index (χ2n) is 5.93. The summed E-state index contributed by atoms with van der Waals surface area (Å²) in [4.78, 5) is 32.4. The van der Waals surface area contributed by atoms with E-state index in [4.69, 9.17) is 4.74 Å². The summed E-state index contributed by atoms with van der Waals surface area (Å²) in [5.74, 6) is 0.953. The fourth-order valence-corrected chi connectivity index (χ4v) is 3.19. The molecule has 28 heavy (non-hydrogen) atoms. The van der Waals surface area contributed by atoms with Gasteiger partial charge in [0.25, 0.3) is 0 Å². The number of benzene rings is 1. The summed E-state index contributed by atoms with van der Waals surface area (Å²) >= 11 is 1.36. The molecular formula is C20H20N4O3S. The lowest BCUT2D eigenvalue weighted by Gasteiger charge is -2.04. The number of nitrogens with zero attached hydrogens (tertiary/aromatic N) is 2. The smallest absolute Gasteiger partial charge is 0.226 e. The van der Waals surface area contributed by atoms with Crippen LogP contribution in [0.25, 0.3) is 11.3 Å². The van der Waals surface area contributed by atoms with Crippen LogP contribution in [0.1, 0.15) is 19.3 Å². The third-order valence-electron chi connectivity index (χ3n) is 3.88. The highest BCUT2D eigenvalue weighted by molar-refractivity contribution is 7.14. The van der Waals surface area contributed by atoms with Gasteiger partial charge in [-0.3, -0.25) is 9.59 Å². The molecule has 2 heterocycles. The maximum Gasteiger partial charge on any atom is 0.226 e. The van der Waals surface area contributed by atoms with Gasteiger partial charge >= 0.3 is 0 Å². The van der Waals surface area contributed by atoms with Crippen molar-refractivity contribution in [2.24, 2.45) is 0 Å². The molecule has 0 radical (unpaired) electrons. The minimum Gasteiger partial charge on any atom is -0.497 e. The molecule has 0 unspecified atom stereocenters. The van der Waals surface area contributed by atoms with Gasteiger partial charge in [0.1, 0.15) is 11.6 Å². The molecule has 0 aliphatic heterocycles. The van der Waals surface area contributed by atoms with Gasteiger partial charge in [-0.25, -0.2) is 9.97 Å². The number of anilines is 2. The van der Waals surface area contributed by atoms with Gasteiger partial charge in [0.2, 0.25) is 11.8 Å². The van der Waals surface area contributed by atoms with Crippen molar-refractivity contribution in [2.75, 3.05) is 17.7 Å². The molecule has 8 heteroatoms. The van der Waals surface area contributed by atoms with Crippen molar-refractivity contribution in [3.63, 3.8) is 0 Å². The molecule has 3 rings (SSSR count). The first-order valence-electron chi connectivity index (χ1n) is 8.75. The van der Waals surface area contributed by atoms with E-state index in [-0.39, 0.29) is 24.7 Å². The number of amides is 2. The summed E-state index contributed by atoms with van der Waals surface area (Å²) in [5, 5.41) is 7.89. The van der Waals surface area contributed by atoms with Crippen molar-refractivity contribution in [3.05, 3.63) is 54.0 Å². The standard InChI is InChI=1S/C20H20N4O3S/c1-27-15-10-8-14(9-11-15)16-13-28-20(22-16)24-19(26)7-4-6-18(25)23-17-5-2-3-12-21-17/h2-3,5,8-13H,4,6-7H2,1H3,(H,21,23,25)(H,22,24,26). The quantitative estimate of drug-likeness (QED) is 0.601. The van der Waals surface area contributed by atoms with E-state index in [2.05, 4.69) is 20.6 Å². The fraction of sp³-hybridized carbons (Fsp3) is 0.200. The second kappa shape index (κ2) is 9.61. The number of ether oxygens (including phenoxy) is 1. The highest BCUT2D eigenvalue weighted by atomic mass is 32.1. The molecule has 3 aromatic rings. The van der Waals surface area contributed by atoms with Crippen molar-refractivity contribution < 1.29 is 14.3 Å². The van der Waals surface area contributed by atoms with E-state index in [0.29, 0.717) is 17.4 Å². The highest BCUT2D eigenvalue weighted by Gasteiger charge is 2.10. The number of thiazole rings is 1. The number of methoxy groups -OCH3 is 1. The second-order valence-corrected chi connectivity index (χ2v) is 6.79. The molecule has 144 valence electrons. The highest BCUT2D eigenvalue weighted by Crippen LogP contribution is 2.26. The van der Waals surface area contributed by atoms with Gasteiger partial charge < -0.3 is 15.4 Å². The van der Waals surface area contributed by atoms with E-state index in [1.54, 1.807) is 31.5 Å². The molecule has 7 nitrogen and oxygen atoms in total. The van der Waals surface area contributed by atoms with Crippen molar-refractivity contribution in [2.45, 2.75) is 19.3 Å².